The summed E-state index contributed by atoms with van der Waals surface area (Å²) in [6, 6.07) is 171. The van der Waals surface area contributed by atoms with Gasteiger partial charge in [-0.1, -0.05) is 473 Å². The second-order valence-corrected chi connectivity index (χ2v) is 34.7. The van der Waals surface area contributed by atoms with E-state index in [1.54, 1.807) is 0 Å². The molecule has 0 unspecified atom stereocenters. The van der Waals surface area contributed by atoms with E-state index in [-0.39, 0.29) is 32.8 Å². The van der Waals surface area contributed by atoms with Crippen molar-refractivity contribution in [3.8, 4) is 0 Å². The Kier molecular flexibility index (Phi) is 25.7. The minimum absolute atomic E-state index is 0.130. The van der Waals surface area contributed by atoms with Crippen molar-refractivity contribution >= 4 is 32.3 Å². The Labute approximate surface area is 768 Å². The number of aliphatic hydroxyl groups excluding tert-OH is 1. The van der Waals surface area contributed by atoms with Gasteiger partial charge in [-0.2, -0.15) is 0 Å². The molecule has 1 aliphatic heterocycles. The van der Waals surface area contributed by atoms with Crippen LogP contribution in [0.4, 0.5) is 0 Å². The lowest BCUT2D eigenvalue weighted by molar-refractivity contribution is -0.310. The van der Waals surface area contributed by atoms with Gasteiger partial charge in [0.25, 0.3) is 0 Å². The number of fused-ring (bicyclic) bond motifs is 3. The molecule has 0 spiro atoms. The number of rotatable bonds is 32. The molecule has 646 valence electrons. The van der Waals surface area contributed by atoms with Gasteiger partial charge in [0.2, 0.25) is 0 Å². The molecule has 1 aliphatic carbocycles. The van der Waals surface area contributed by atoms with Crippen molar-refractivity contribution in [2.45, 2.75) is 109 Å². The van der Waals surface area contributed by atoms with E-state index in [0.717, 1.165) is 116 Å². The fourth-order valence-corrected chi connectivity index (χ4v) is 20.7. The summed E-state index contributed by atoms with van der Waals surface area (Å²) < 4.78 is 41.6. The van der Waals surface area contributed by atoms with E-state index in [2.05, 4.69) is 513 Å². The quantitative estimate of drug-likeness (QED) is 0.0261. The zero-order valence-electron chi connectivity index (χ0n) is 73.1. The van der Waals surface area contributed by atoms with Crippen LogP contribution in [0.3, 0.4) is 0 Å². The zero-order chi connectivity index (χ0) is 88.1. The average Bonchev–Trinajstić information content (AvgIpc) is 0.735. The van der Waals surface area contributed by atoms with Crippen LogP contribution in [0, 0.1) is 0 Å². The lowest BCUT2D eigenvalue weighted by Crippen LogP contribution is -2.73. The van der Waals surface area contributed by atoms with E-state index in [0.29, 0.717) is 0 Å². The molecule has 10 nitrogen and oxygen atoms in total. The summed E-state index contributed by atoms with van der Waals surface area (Å²) in [6.07, 6.45) is -7.65. The van der Waals surface area contributed by atoms with Crippen molar-refractivity contribution < 1.29 is 28.8 Å². The van der Waals surface area contributed by atoms with E-state index >= 15 is 5.11 Å². The fraction of sp³-hybridized carbons (Fsp3) is 0.157. The Morgan fingerprint density at radius 2 is 0.481 bits per heavy atom. The monoisotopic (exact) mass is 1710 g/mol. The van der Waals surface area contributed by atoms with Gasteiger partial charge in [-0.15, -0.1) is 0 Å². The van der Waals surface area contributed by atoms with Gasteiger partial charge in [0, 0.05) is 18.6 Å². The molecule has 2 fully saturated rings. The van der Waals surface area contributed by atoms with Gasteiger partial charge < -0.3 is 28.8 Å². The topological polar surface area (TPSA) is 115 Å². The first kappa shape index (κ1) is 85.4. The lowest BCUT2D eigenvalue weighted by atomic mass is 9.72. The van der Waals surface area contributed by atoms with Gasteiger partial charge in [0.05, 0.1) is 48.0 Å². The van der Waals surface area contributed by atoms with Crippen LogP contribution < -0.4 is 21.3 Å². The Hall–Kier alpha value is -13.7. The first-order chi connectivity index (χ1) is 64.8. The summed E-state index contributed by atoms with van der Waals surface area (Å²) in [7, 11) is 0. The second kappa shape index (κ2) is 39.3. The third-order valence-electron chi connectivity index (χ3n) is 26.9. The van der Waals surface area contributed by atoms with Crippen molar-refractivity contribution in [2.24, 2.45) is 0 Å². The maximum absolute atomic E-state index is 15.5. The molecule has 0 radical (unpaired) electrons. The molecule has 0 aromatic heterocycles. The smallest absolute Gasteiger partial charge is 0.176 e. The van der Waals surface area contributed by atoms with Gasteiger partial charge in [0.1, 0.15) is 36.6 Å². The van der Waals surface area contributed by atoms with Crippen LogP contribution in [-0.4, -0.2) is 72.7 Å². The molecule has 20 rings (SSSR count). The predicted molar refractivity (Wildman–Crippen MR) is 527 cm³/mol. The molecule has 131 heavy (non-hydrogen) atoms. The van der Waals surface area contributed by atoms with Crippen molar-refractivity contribution in [1.29, 1.82) is 0 Å². The minimum atomic E-state index is -1.48. The average molecular weight is 1710 g/mol. The van der Waals surface area contributed by atoms with Gasteiger partial charge >= 0.3 is 0 Å². The van der Waals surface area contributed by atoms with E-state index < -0.39 is 83.2 Å². The van der Waals surface area contributed by atoms with E-state index in [1.165, 1.54) is 0 Å². The molecule has 1 saturated heterocycles. The summed E-state index contributed by atoms with van der Waals surface area (Å²) >= 11 is 0. The van der Waals surface area contributed by atoms with Crippen molar-refractivity contribution in [3.63, 3.8) is 0 Å². The number of hydrogen-bond donors (Lipinski definition) is 5. The molecule has 10 heteroatoms. The van der Waals surface area contributed by atoms with Gasteiger partial charge in [-0.25, -0.2) is 0 Å². The minimum Gasteiger partial charge on any atom is -0.388 e. The molecular weight excluding hydrogens is 1610 g/mol. The Bertz CT molecular complexity index is 6320. The van der Waals surface area contributed by atoms with Gasteiger partial charge in [-0.05, 0) is 140 Å². The summed E-state index contributed by atoms with van der Waals surface area (Å²) in [4.78, 5) is 0. The van der Waals surface area contributed by atoms with Crippen LogP contribution >= 0.6 is 0 Å². The normalized spacial score (nSPS) is 19.0. The molecular formula is C121H106N4O6. The highest BCUT2D eigenvalue weighted by molar-refractivity contribution is 5.85. The van der Waals surface area contributed by atoms with Crippen molar-refractivity contribution in [2.75, 3.05) is 6.54 Å². The standard InChI is InChI=1S/C121H106N4O6/c126-112-113(127-84-87-73-76-90-43-37-40-46-93(90)79-87)108(123-119(99-55-19-4-20-56-99,100-57-21-5-22-58-100)101-59-23-6-24-60-101)82-109(124-120(102-61-25-7-26-62-102,103-63-27-8-28-64-103)104-65-29-9-30-66-104)114(112)131-117-111(125-121(105-67-31-10-32-68-105,106-69-33-11-34-70-106)107-71-35-12-36-72-107)116(129-86-89-75-78-92-45-39-42-48-95(92)81-89)115(128-85-88-74-77-91-44-38-41-47-94(91)80-88)110(130-117)83-122-118(96-49-13-1-14-50-96,97-51-15-2-16-52-97)98-53-17-3-18-54-98/h1-81,108-117,122-126H,82-86H2/t108-,109+,110-,111-,112-,113+,114-,115-,116-,117-/m1/s1. The van der Waals surface area contributed by atoms with Crippen LogP contribution in [0.1, 0.15) is 89.9 Å². The van der Waals surface area contributed by atoms with Crippen molar-refractivity contribution in [1.82, 2.24) is 21.3 Å². The Balaban J connectivity index is 0.845. The van der Waals surface area contributed by atoms with Gasteiger partial charge in [0.15, 0.2) is 6.29 Å². The molecule has 1 saturated carbocycles. The van der Waals surface area contributed by atoms with Crippen LogP contribution in [-0.2, 0) is 65.7 Å². The Morgan fingerprint density at radius 3 is 0.771 bits per heavy atom. The molecule has 0 bridgehead atoms. The highest BCUT2D eigenvalue weighted by Crippen LogP contribution is 2.48. The largest absolute Gasteiger partial charge is 0.388 e. The molecule has 1 heterocycles. The number of ether oxygens (including phenoxy) is 5. The van der Waals surface area contributed by atoms with E-state index in [1.807, 2.05) is 0 Å². The highest BCUT2D eigenvalue weighted by atomic mass is 16.7. The Morgan fingerprint density at radius 1 is 0.244 bits per heavy atom. The molecule has 18 aromatic rings. The van der Waals surface area contributed by atoms with Crippen LogP contribution in [0.5, 0.6) is 0 Å². The second-order valence-electron chi connectivity index (χ2n) is 34.7. The maximum atomic E-state index is 15.5. The molecule has 5 N–H and O–H groups in total. The third-order valence-corrected chi connectivity index (χ3v) is 26.9. The number of aliphatic hydroxyl groups is 1. The number of hydrogen-bond acceptors (Lipinski definition) is 10. The summed E-state index contributed by atoms with van der Waals surface area (Å²) in [5, 5.41) is 40.2. The maximum Gasteiger partial charge on any atom is 0.176 e. The lowest BCUT2D eigenvalue weighted by Gasteiger charge is -2.54. The fourth-order valence-electron chi connectivity index (χ4n) is 20.7. The summed E-state index contributed by atoms with van der Waals surface area (Å²) in [6.45, 7) is 0.593. The van der Waals surface area contributed by atoms with Crippen molar-refractivity contribution in [3.05, 3.63) is 575 Å². The first-order valence-corrected chi connectivity index (χ1v) is 45.8. The zero-order valence-corrected chi connectivity index (χ0v) is 73.1. The van der Waals surface area contributed by atoms with Crippen LogP contribution in [0.2, 0.25) is 0 Å². The predicted octanol–water partition coefficient (Wildman–Crippen LogP) is 23.5. The molecule has 2 aliphatic rings. The first-order valence-electron chi connectivity index (χ1n) is 45.8. The SMILES string of the molecule is O[C@@H]1[C@@H](OCc2ccc3ccccc3c2)[C@H](NC(c2ccccc2)(c2ccccc2)c2ccccc2)C[C@H](NC(c2ccccc2)(c2ccccc2)c2ccccc2)[C@H]1O[C@H]1O[C@H](CNC(c2ccccc2)(c2ccccc2)c2ccccc2)[C@@H](OCc2ccc3ccccc3c2)[C@H](OCc2ccc3ccccc3c2)[C@H]1NC(c1ccccc1)(c1ccccc1)c1ccccc1. The highest BCUT2D eigenvalue weighted by Gasteiger charge is 2.58. The third kappa shape index (κ3) is 17.6. The van der Waals surface area contributed by atoms with Crippen LogP contribution in [0.15, 0.2) is 491 Å². The van der Waals surface area contributed by atoms with E-state index in [4.69, 9.17) is 23.7 Å². The number of nitrogens with one attached hydrogen (secondary N) is 4. The number of benzene rings is 18. The summed E-state index contributed by atoms with van der Waals surface area (Å²) in [5.41, 5.74) is 10.2. The van der Waals surface area contributed by atoms with Gasteiger partial charge in [-0.3, -0.25) is 21.3 Å². The molecule has 10 atom stereocenters. The van der Waals surface area contributed by atoms with Crippen LogP contribution in [0.25, 0.3) is 32.3 Å². The summed E-state index contributed by atoms with van der Waals surface area (Å²) in [5.74, 6) is 0. The molecule has 18 aromatic carbocycles. The molecule has 0 amide bonds. The van der Waals surface area contributed by atoms with E-state index in [9.17, 15) is 0 Å².